The van der Waals surface area contributed by atoms with Crippen LogP contribution in [0.5, 0.6) is 0 Å². The highest BCUT2D eigenvalue weighted by molar-refractivity contribution is 5.76. The standard InChI is InChI=1S/C69H125NO18/c1-3-5-7-9-11-13-15-16-17-18-19-20-21-22-23-24-25-26-27-28-29-30-31-32-33-34-35-36-37-39-41-43-45-47-57(75)70-52(53(74)46-44-42-40-38-14-12-10-8-6-4-2)51-83-67-63(81)60(78)65(55(49-72)85-67)88-69-64(82)61(79)66(56(50-73)86-69)87-68-62(80)59(77)58(76)54(48-71)84-68/h15-16,18-19,21-22,44,46,52-56,58-69,71-74,76-82H,3-14,17,20,23-43,45,47-51H2,1-2H3,(H,70,75)/b16-15-,19-18-,22-21-,46-44+. The third kappa shape index (κ3) is 33.0. The Morgan fingerprint density at radius 2 is 0.750 bits per heavy atom. The van der Waals surface area contributed by atoms with E-state index in [9.17, 15) is 61.0 Å². The smallest absolute Gasteiger partial charge is 0.220 e. The summed E-state index contributed by atoms with van der Waals surface area (Å²) in [5, 5.41) is 120. The molecule has 3 saturated heterocycles. The molecule has 3 fully saturated rings. The fourth-order valence-electron chi connectivity index (χ4n) is 11.7. The van der Waals surface area contributed by atoms with Gasteiger partial charge in [-0.05, 0) is 57.8 Å². The zero-order valence-electron chi connectivity index (χ0n) is 54.2. The van der Waals surface area contributed by atoms with Crippen molar-refractivity contribution in [3.05, 3.63) is 48.6 Å². The average Bonchev–Trinajstić information content (AvgIpc) is 1.83. The van der Waals surface area contributed by atoms with Crippen LogP contribution in [0, 0.1) is 0 Å². The van der Waals surface area contributed by atoms with E-state index in [-0.39, 0.29) is 18.9 Å². The number of hydrogen-bond donors (Lipinski definition) is 12. The molecule has 0 aromatic heterocycles. The van der Waals surface area contributed by atoms with Gasteiger partial charge in [0, 0.05) is 6.42 Å². The molecular weight excluding hydrogens is 1130 g/mol. The van der Waals surface area contributed by atoms with Crippen molar-refractivity contribution < 1.29 is 89.4 Å². The molecule has 0 aromatic rings. The summed E-state index contributed by atoms with van der Waals surface area (Å²) < 4.78 is 34.3. The molecule has 3 aliphatic heterocycles. The lowest BCUT2D eigenvalue weighted by Gasteiger charge is -2.48. The minimum atomic E-state index is -1.98. The predicted octanol–water partition coefficient (Wildman–Crippen LogP) is 9.00. The van der Waals surface area contributed by atoms with Crippen LogP contribution >= 0.6 is 0 Å². The average molecular weight is 1260 g/mol. The van der Waals surface area contributed by atoms with Gasteiger partial charge < -0.3 is 89.9 Å². The summed E-state index contributed by atoms with van der Waals surface area (Å²) in [4.78, 5) is 13.4. The van der Waals surface area contributed by atoms with Crippen LogP contribution in [-0.4, -0.2) is 193 Å². The second-order valence-electron chi connectivity index (χ2n) is 25.0. The molecule has 17 atom stereocenters. The van der Waals surface area contributed by atoms with E-state index in [2.05, 4.69) is 55.6 Å². The molecule has 17 unspecified atom stereocenters. The summed E-state index contributed by atoms with van der Waals surface area (Å²) in [5.41, 5.74) is 0. The first-order valence-electron chi connectivity index (χ1n) is 34.9. The Bertz CT molecular complexity index is 1790. The topological polar surface area (TPSA) is 307 Å². The van der Waals surface area contributed by atoms with Gasteiger partial charge in [-0.15, -0.1) is 0 Å². The summed E-state index contributed by atoms with van der Waals surface area (Å²) in [5.74, 6) is -0.276. The van der Waals surface area contributed by atoms with Crippen molar-refractivity contribution in [2.24, 2.45) is 0 Å². The second kappa shape index (κ2) is 51.2. The van der Waals surface area contributed by atoms with Gasteiger partial charge in [0.05, 0.1) is 38.6 Å². The van der Waals surface area contributed by atoms with Crippen LogP contribution in [-0.2, 0) is 33.2 Å². The number of aliphatic hydroxyl groups excluding tert-OH is 11. The molecule has 0 bridgehead atoms. The molecule has 3 rings (SSSR count). The van der Waals surface area contributed by atoms with Crippen molar-refractivity contribution in [2.45, 2.75) is 356 Å². The number of amides is 1. The van der Waals surface area contributed by atoms with Gasteiger partial charge in [-0.2, -0.15) is 0 Å². The molecule has 3 aliphatic rings. The Labute approximate surface area is 529 Å². The first kappa shape index (κ1) is 80.0. The fourth-order valence-corrected chi connectivity index (χ4v) is 11.7. The molecule has 3 heterocycles. The monoisotopic (exact) mass is 1260 g/mol. The molecule has 19 nitrogen and oxygen atoms in total. The number of carbonyl (C=O) groups excluding carboxylic acids is 1. The Kier molecular flexibility index (Phi) is 46.5. The van der Waals surface area contributed by atoms with Gasteiger partial charge in [-0.1, -0.05) is 236 Å². The molecule has 12 N–H and O–H groups in total. The number of rotatable bonds is 53. The zero-order chi connectivity index (χ0) is 64.0. The van der Waals surface area contributed by atoms with E-state index in [0.717, 1.165) is 57.8 Å². The number of aliphatic hydroxyl groups is 11. The van der Waals surface area contributed by atoms with E-state index >= 15 is 0 Å². The second-order valence-corrected chi connectivity index (χ2v) is 25.0. The number of ether oxygens (including phenoxy) is 6. The van der Waals surface area contributed by atoms with E-state index in [1.807, 2.05) is 6.08 Å². The van der Waals surface area contributed by atoms with Crippen LogP contribution in [0.2, 0.25) is 0 Å². The summed E-state index contributed by atoms with van der Waals surface area (Å²) in [7, 11) is 0. The number of hydrogen-bond acceptors (Lipinski definition) is 18. The molecule has 0 saturated carbocycles. The Hall–Kier alpha value is -2.25. The van der Waals surface area contributed by atoms with Crippen LogP contribution in [0.1, 0.15) is 251 Å². The molecular formula is C69H125NO18. The van der Waals surface area contributed by atoms with Crippen LogP contribution in [0.4, 0.5) is 0 Å². The minimum absolute atomic E-state index is 0.244. The van der Waals surface area contributed by atoms with Gasteiger partial charge in [0.15, 0.2) is 18.9 Å². The van der Waals surface area contributed by atoms with Gasteiger partial charge in [0.2, 0.25) is 5.91 Å². The normalized spacial score (nSPS) is 28.7. The van der Waals surface area contributed by atoms with Gasteiger partial charge in [-0.25, -0.2) is 0 Å². The zero-order valence-corrected chi connectivity index (χ0v) is 54.2. The SMILES string of the molecule is CCCCCCC/C=C\C/C=C\C/C=C\CCCCCCCCCCCCCCCCCCCCC(=O)NC(COC1OC(CO)C(OC2OC(CO)C(OC3OC(CO)C(O)C(O)C3O)C(O)C2O)C(O)C1O)C(O)/C=C/CCCCCCCCCC. The highest BCUT2D eigenvalue weighted by Gasteiger charge is 2.53. The summed E-state index contributed by atoms with van der Waals surface area (Å²) in [6, 6.07) is -0.971. The highest BCUT2D eigenvalue weighted by Crippen LogP contribution is 2.33. The lowest BCUT2D eigenvalue weighted by Crippen LogP contribution is -2.66. The summed E-state index contributed by atoms with van der Waals surface area (Å²) in [6.07, 6.45) is 34.1. The van der Waals surface area contributed by atoms with Crippen molar-refractivity contribution in [1.82, 2.24) is 5.32 Å². The van der Waals surface area contributed by atoms with Crippen LogP contribution in [0.3, 0.4) is 0 Å². The molecule has 514 valence electrons. The molecule has 19 heteroatoms. The number of carbonyl (C=O) groups is 1. The predicted molar refractivity (Wildman–Crippen MR) is 342 cm³/mol. The van der Waals surface area contributed by atoms with Crippen LogP contribution in [0.25, 0.3) is 0 Å². The van der Waals surface area contributed by atoms with Gasteiger partial charge >= 0.3 is 0 Å². The van der Waals surface area contributed by atoms with Crippen LogP contribution in [0.15, 0.2) is 48.6 Å². The maximum Gasteiger partial charge on any atom is 0.220 e. The Morgan fingerprint density at radius 1 is 0.409 bits per heavy atom. The third-order valence-corrected chi connectivity index (χ3v) is 17.4. The van der Waals surface area contributed by atoms with Crippen molar-refractivity contribution in [1.29, 1.82) is 0 Å². The molecule has 88 heavy (non-hydrogen) atoms. The van der Waals surface area contributed by atoms with Gasteiger partial charge in [0.25, 0.3) is 0 Å². The summed E-state index contributed by atoms with van der Waals surface area (Å²) in [6.45, 7) is 1.69. The first-order chi connectivity index (χ1) is 42.8. The largest absolute Gasteiger partial charge is 0.394 e. The van der Waals surface area contributed by atoms with E-state index in [1.165, 1.54) is 167 Å². The maximum atomic E-state index is 13.4. The number of allylic oxidation sites excluding steroid dienone is 7. The third-order valence-electron chi connectivity index (χ3n) is 17.4. The van der Waals surface area contributed by atoms with Crippen molar-refractivity contribution in [3.63, 3.8) is 0 Å². The van der Waals surface area contributed by atoms with Gasteiger partial charge in [-0.3, -0.25) is 4.79 Å². The minimum Gasteiger partial charge on any atom is -0.394 e. The first-order valence-corrected chi connectivity index (χ1v) is 34.9. The Morgan fingerprint density at radius 3 is 1.17 bits per heavy atom. The van der Waals surface area contributed by atoms with E-state index in [0.29, 0.717) is 6.42 Å². The number of unbranched alkanes of at least 4 members (excludes halogenated alkanes) is 31. The molecule has 0 spiro atoms. The van der Waals surface area contributed by atoms with Crippen LogP contribution < -0.4 is 5.32 Å². The van der Waals surface area contributed by atoms with Crippen molar-refractivity contribution in [2.75, 3.05) is 26.4 Å². The quantitative estimate of drug-likeness (QED) is 0.0200. The van der Waals surface area contributed by atoms with E-state index in [4.69, 9.17) is 28.4 Å². The maximum absolute atomic E-state index is 13.4. The molecule has 0 aliphatic carbocycles. The van der Waals surface area contributed by atoms with Crippen molar-refractivity contribution in [3.8, 4) is 0 Å². The van der Waals surface area contributed by atoms with E-state index < -0.39 is 124 Å². The fraction of sp³-hybridized carbons (Fsp3) is 0.870. The highest BCUT2D eigenvalue weighted by atomic mass is 16.8. The lowest BCUT2D eigenvalue weighted by molar-refractivity contribution is -0.379. The van der Waals surface area contributed by atoms with Crippen molar-refractivity contribution >= 4 is 5.91 Å². The lowest BCUT2D eigenvalue weighted by atomic mass is 9.96. The molecule has 1 amide bonds. The molecule has 0 radical (unpaired) electrons. The summed E-state index contributed by atoms with van der Waals surface area (Å²) >= 11 is 0. The number of nitrogens with one attached hydrogen (secondary N) is 1. The van der Waals surface area contributed by atoms with Gasteiger partial charge in [0.1, 0.15) is 73.2 Å². The van der Waals surface area contributed by atoms with E-state index in [1.54, 1.807) is 6.08 Å². The molecule has 0 aromatic carbocycles. The Balaban J connectivity index is 1.33.